The zero-order valence-corrected chi connectivity index (χ0v) is 9.96. The first kappa shape index (κ1) is 13.9. The zero-order chi connectivity index (χ0) is 10.8. The lowest BCUT2D eigenvalue weighted by Gasteiger charge is -2.29. The van der Waals surface area contributed by atoms with Crippen LogP contribution in [-0.4, -0.2) is 43.8 Å². The number of rotatable bonds is 9. The smallest absolute Gasteiger partial charge is 0.0593 e. The molecule has 0 aromatic rings. The molecule has 0 rings (SSSR count). The summed E-state index contributed by atoms with van der Waals surface area (Å²) in [5, 5.41) is 0. The molecule has 0 fully saturated rings. The van der Waals surface area contributed by atoms with Gasteiger partial charge in [-0.1, -0.05) is 13.8 Å². The Balaban J connectivity index is 3.85. The molecule has 3 nitrogen and oxygen atoms in total. The molecule has 86 valence electrons. The minimum Gasteiger partial charge on any atom is -0.380 e. The van der Waals surface area contributed by atoms with Crippen molar-refractivity contribution in [2.45, 2.75) is 39.7 Å². The number of nitrogens with zero attached hydrogens (tertiary/aromatic N) is 1. The van der Waals surface area contributed by atoms with Crippen LogP contribution in [0.3, 0.4) is 0 Å². The summed E-state index contributed by atoms with van der Waals surface area (Å²) in [5.74, 6) is 0. The summed E-state index contributed by atoms with van der Waals surface area (Å²) in [5.41, 5.74) is 5.60. The molecule has 0 bridgehead atoms. The molecule has 0 heterocycles. The topological polar surface area (TPSA) is 38.5 Å². The summed E-state index contributed by atoms with van der Waals surface area (Å²) in [6, 6.07) is 0.666. The van der Waals surface area contributed by atoms with Crippen LogP contribution in [0.1, 0.15) is 33.6 Å². The Morgan fingerprint density at radius 1 is 1.14 bits per heavy atom. The Morgan fingerprint density at radius 3 is 2.21 bits per heavy atom. The third kappa shape index (κ3) is 5.58. The van der Waals surface area contributed by atoms with Gasteiger partial charge in [0.1, 0.15) is 0 Å². The maximum atomic E-state index is 5.60. The third-order valence-corrected chi connectivity index (χ3v) is 2.60. The van der Waals surface area contributed by atoms with Crippen molar-refractivity contribution in [2.24, 2.45) is 5.73 Å². The fourth-order valence-electron chi connectivity index (χ4n) is 1.77. The highest BCUT2D eigenvalue weighted by Gasteiger charge is 2.13. The van der Waals surface area contributed by atoms with Crippen molar-refractivity contribution in [1.82, 2.24) is 4.90 Å². The SMILES string of the molecule is CCOCCN(CCN)C(CC)CC. The summed E-state index contributed by atoms with van der Waals surface area (Å²) in [6.45, 7) is 10.9. The normalized spacial score (nSPS) is 11.6. The Bertz CT molecular complexity index is 116. The van der Waals surface area contributed by atoms with E-state index in [4.69, 9.17) is 10.5 Å². The number of hydrogen-bond acceptors (Lipinski definition) is 3. The van der Waals surface area contributed by atoms with Crippen molar-refractivity contribution in [1.29, 1.82) is 0 Å². The Morgan fingerprint density at radius 2 is 1.79 bits per heavy atom. The van der Waals surface area contributed by atoms with Crippen LogP contribution in [0.15, 0.2) is 0 Å². The molecular weight excluding hydrogens is 176 g/mol. The predicted molar refractivity (Wildman–Crippen MR) is 61.5 cm³/mol. The zero-order valence-electron chi connectivity index (χ0n) is 9.96. The van der Waals surface area contributed by atoms with E-state index in [1.54, 1.807) is 0 Å². The van der Waals surface area contributed by atoms with Crippen LogP contribution in [0.4, 0.5) is 0 Å². The monoisotopic (exact) mass is 202 g/mol. The van der Waals surface area contributed by atoms with Gasteiger partial charge in [0.05, 0.1) is 6.61 Å². The largest absolute Gasteiger partial charge is 0.380 e. The van der Waals surface area contributed by atoms with Crippen molar-refractivity contribution in [3.05, 3.63) is 0 Å². The molecule has 0 saturated heterocycles. The van der Waals surface area contributed by atoms with Crippen molar-refractivity contribution in [3.63, 3.8) is 0 Å². The Hall–Kier alpha value is -0.120. The second-order valence-electron chi connectivity index (χ2n) is 3.49. The molecule has 14 heavy (non-hydrogen) atoms. The number of nitrogens with two attached hydrogens (primary N) is 1. The first-order chi connectivity index (χ1) is 6.79. The molecule has 3 heteroatoms. The molecule has 0 aliphatic carbocycles. The van der Waals surface area contributed by atoms with E-state index in [9.17, 15) is 0 Å². The summed E-state index contributed by atoms with van der Waals surface area (Å²) in [6.07, 6.45) is 2.39. The molecule has 0 aliphatic rings. The second-order valence-corrected chi connectivity index (χ2v) is 3.49. The van der Waals surface area contributed by atoms with Gasteiger partial charge in [0.15, 0.2) is 0 Å². The average Bonchev–Trinajstić information content (AvgIpc) is 2.20. The van der Waals surface area contributed by atoms with Gasteiger partial charge in [-0.2, -0.15) is 0 Å². The second kappa shape index (κ2) is 9.44. The first-order valence-electron chi connectivity index (χ1n) is 5.81. The van der Waals surface area contributed by atoms with Crippen molar-refractivity contribution >= 4 is 0 Å². The highest BCUT2D eigenvalue weighted by Crippen LogP contribution is 2.07. The van der Waals surface area contributed by atoms with Gasteiger partial charge in [-0.15, -0.1) is 0 Å². The van der Waals surface area contributed by atoms with E-state index >= 15 is 0 Å². The molecule has 0 unspecified atom stereocenters. The van der Waals surface area contributed by atoms with Crippen LogP contribution < -0.4 is 5.73 Å². The lowest BCUT2D eigenvalue weighted by atomic mass is 10.1. The van der Waals surface area contributed by atoms with Gasteiger partial charge in [-0.25, -0.2) is 0 Å². The van der Waals surface area contributed by atoms with Gasteiger partial charge in [-0.05, 0) is 19.8 Å². The summed E-state index contributed by atoms with van der Waals surface area (Å²) < 4.78 is 5.37. The van der Waals surface area contributed by atoms with E-state index in [1.807, 2.05) is 6.92 Å². The minimum atomic E-state index is 0.666. The van der Waals surface area contributed by atoms with E-state index in [-0.39, 0.29) is 0 Å². The molecule has 0 aliphatic heterocycles. The van der Waals surface area contributed by atoms with Crippen LogP contribution >= 0.6 is 0 Å². The minimum absolute atomic E-state index is 0.666. The van der Waals surface area contributed by atoms with Crippen LogP contribution in [0.5, 0.6) is 0 Å². The third-order valence-electron chi connectivity index (χ3n) is 2.60. The van der Waals surface area contributed by atoms with E-state index in [2.05, 4.69) is 18.7 Å². The number of hydrogen-bond donors (Lipinski definition) is 1. The van der Waals surface area contributed by atoms with Gasteiger partial charge in [-0.3, -0.25) is 4.90 Å². The number of ether oxygens (including phenoxy) is 1. The fraction of sp³-hybridized carbons (Fsp3) is 1.00. The molecule has 0 atom stereocenters. The fourth-order valence-corrected chi connectivity index (χ4v) is 1.77. The maximum Gasteiger partial charge on any atom is 0.0593 e. The molecule has 0 saturated carbocycles. The van der Waals surface area contributed by atoms with E-state index in [0.29, 0.717) is 6.04 Å². The molecule has 0 aromatic heterocycles. The predicted octanol–water partition coefficient (Wildman–Crippen LogP) is 1.47. The first-order valence-corrected chi connectivity index (χ1v) is 5.81. The van der Waals surface area contributed by atoms with E-state index in [0.717, 1.165) is 32.8 Å². The van der Waals surface area contributed by atoms with Crippen LogP contribution in [0.25, 0.3) is 0 Å². The summed E-state index contributed by atoms with van der Waals surface area (Å²) >= 11 is 0. The van der Waals surface area contributed by atoms with Gasteiger partial charge >= 0.3 is 0 Å². The molecule has 0 aromatic carbocycles. The van der Waals surface area contributed by atoms with Crippen molar-refractivity contribution in [3.8, 4) is 0 Å². The summed E-state index contributed by atoms with van der Waals surface area (Å²) in [7, 11) is 0. The standard InChI is InChI=1S/C11H26N2O/c1-4-11(5-2)13(8-7-12)9-10-14-6-3/h11H,4-10,12H2,1-3H3. The van der Waals surface area contributed by atoms with Gasteiger partial charge < -0.3 is 10.5 Å². The quantitative estimate of drug-likeness (QED) is 0.575. The maximum absolute atomic E-state index is 5.60. The lowest BCUT2D eigenvalue weighted by Crippen LogP contribution is -2.40. The van der Waals surface area contributed by atoms with E-state index < -0.39 is 0 Å². The average molecular weight is 202 g/mol. The van der Waals surface area contributed by atoms with Gasteiger partial charge in [0.2, 0.25) is 0 Å². The van der Waals surface area contributed by atoms with Crippen molar-refractivity contribution in [2.75, 3.05) is 32.8 Å². The molecule has 0 spiro atoms. The van der Waals surface area contributed by atoms with Crippen LogP contribution in [-0.2, 0) is 4.74 Å². The highest BCUT2D eigenvalue weighted by molar-refractivity contribution is 4.69. The van der Waals surface area contributed by atoms with Crippen LogP contribution in [0.2, 0.25) is 0 Å². The Kier molecular flexibility index (Phi) is 9.35. The molecule has 2 N–H and O–H groups in total. The lowest BCUT2D eigenvalue weighted by molar-refractivity contribution is 0.0929. The molecular formula is C11H26N2O. The van der Waals surface area contributed by atoms with Crippen LogP contribution in [0, 0.1) is 0 Å². The highest BCUT2D eigenvalue weighted by atomic mass is 16.5. The Labute approximate surface area is 88.6 Å². The van der Waals surface area contributed by atoms with Gasteiger partial charge in [0, 0.05) is 32.3 Å². The summed E-state index contributed by atoms with van der Waals surface area (Å²) in [4.78, 5) is 2.44. The van der Waals surface area contributed by atoms with E-state index in [1.165, 1.54) is 12.8 Å². The van der Waals surface area contributed by atoms with Gasteiger partial charge in [0.25, 0.3) is 0 Å². The van der Waals surface area contributed by atoms with Crippen molar-refractivity contribution < 1.29 is 4.74 Å². The molecule has 0 radical (unpaired) electrons. The molecule has 0 amide bonds.